The largest absolute Gasteiger partial charge is 0.460 e. The van der Waals surface area contributed by atoms with Crippen LogP contribution in [0, 0.1) is 0 Å². The molecule has 0 unspecified atom stereocenters. The predicted octanol–water partition coefficient (Wildman–Crippen LogP) is 2.07. The second-order valence-corrected chi connectivity index (χ2v) is 11.0. The van der Waals surface area contributed by atoms with Gasteiger partial charge in [-0.2, -0.15) is 0 Å². The van der Waals surface area contributed by atoms with Gasteiger partial charge in [0.05, 0.1) is 19.1 Å². The van der Waals surface area contributed by atoms with Crippen molar-refractivity contribution in [3.8, 4) is 0 Å². The Balaban J connectivity index is 2.65. The van der Waals surface area contributed by atoms with E-state index in [9.17, 15) is 4.79 Å². The molecule has 4 nitrogen and oxygen atoms in total. The predicted molar refractivity (Wildman–Crippen MR) is 68.3 cm³/mol. The quantitative estimate of drug-likeness (QED) is 0.623. The normalized spacial score (nSPS) is 26.8. The van der Waals surface area contributed by atoms with Crippen LogP contribution in [0.25, 0.3) is 0 Å². The van der Waals surface area contributed by atoms with Crippen LogP contribution < -0.4 is 0 Å². The zero-order valence-electron chi connectivity index (χ0n) is 11.4. The number of cyclic esters (lactones) is 1. The summed E-state index contributed by atoms with van der Waals surface area (Å²) in [6.45, 7) is 10.7. The van der Waals surface area contributed by atoms with Gasteiger partial charge in [-0.15, -0.1) is 0 Å². The van der Waals surface area contributed by atoms with E-state index in [4.69, 9.17) is 14.3 Å². The average molecular weight is 260 g/mol. The van der Waals surface area contributed by atoms with Crippen molar-refractivity contribution in [2.24, 2.45) is 0 Å². The number of esters is 1. The smallest absolute Gasteiger partial charge is 0.308 e. The van der Waals surface area contributed by atoms with Crippen LogP contribution in [0.5, 0.6) is 0 Å². The summed E-state index contributed by atoms with van der Waals surface area (Å²) in [5.41, 5.74) is 0. The molecule has 0 spiro atoms. The van der Waals surface area contributed by atoms with E-state index in [1.165, 1.54) is 0 Å². The lowest BCUT2D eigenvalue weighted by atomic mass is 10.1. The number of carbonyl (C=O) groups is 1. The highest BCUT2D eigenvalue weighted by Gasteiger charge is 2.41. The van der Waals surface area contributed by atoms with Crippen LogP contribution in [-0.4, -0.2) is 38.2 Å². The summed E-state index contributed by atoms with van der Waals surface area (Å²) in [5.74, 6) is -0.265. The third kappa shape index (κ3) is 3.79. The van der Waals surface area contributed by atoms with E-state index in [-0.39, 0.29) is 23.7 Å². The molecule has 0 bridgehead atoms. The third-order valence-electron chi connectivity index (χ3n) is 3.69. The van der Waals surface area contributed by atoms with Gasteiger partial charge in [0.25, 0.3) is 0 Å². The number of carbonyl (C=O) groups excluding carboxylic acids is 1. The Hall–Kier alpha value is -0.393. The fourth-order valence-corrected chi connectivity index (χ4v) is 3.01. The van der Waals surface area contributed by atoms with Crippen molar-refractivity contribution in [1.29, 1.82) is 0 Å². The molecule has 0 aliphatic carbocycles. The standard InChI is InChI=1S/C12H24O4Si/c1-12(2,3)17(4,5)16-9-6-10(8-13)15-11(14)7-9/h9-10,13H,6-8H2,1-5H3/t9-,10-/m0/s1. The lowest BCUT2D eigenvalue weighted by molar-refractivity contribution is -0.162. The molecule has 0 aromatic heterocycles. The summed E-state index contributed by atoms with van der Waals surface area (Å²) >= 11 is 0. The summed E-state index contributed by atoms with van der Waals surface area (Å²) in [6, 6.07) is 0. The van der Waals surface area contributed by atoms with E-state index in [0.29, 0.717) is 12.8 Å². The molecule has 100 valence electrons. The first kappa shape index (κ1) is 14.7. The molecule has 0 aromatic carbocycles. The Morgan fingerprint density at radius 2 is 2.06 bits per heavy atom. The number of aliphatic hydroxyl groups is 1. The maximum absolute atomic E-state index is 11.4. The minimum Gasteiger partial charge on any atom is -0.460 e. The van der Waals surface area contributed by atoms with E-state index in [1.54, 1.807) is 0 Å². The Bertz CT molecular complexity index is 283. The van der Waals surface area contributed by atoms with Crippen molar-refractivity contribution in [1.82, 2.24) is 0 Å². The monoisotopic (exact) mass is 260 g/mol. The van der Waals surface area contributed by atoms with Gasteiger partial charge < -0.3 is 14.3 Å². The van der Waals surface area contributed by atoms with Crippen LogP contribution in [0.1, 0.15) is 33.6 Å². The molecule has 1 fully saturated rings. The summed E-state index contributed by atoms with van der Waals surface area (Å²) in [5, 5.41) is 9.19. The van der Waals surface area contributed by atoms with Gasteiger partial charge in [-0.25, -0.2) is 0 Å². The van der Waals surface area contributed by atoms with E-state index >= 15 is 0 Å². The maximum Gasteiger partial charge on any atom is 0.308 e. The number of hydrogen-bond donors (Lipinski definition) is 1. The van der Waals surface area contributed by atoms with Crippen molar-refractivity contribution >= 4 is 14.3 Å². The molecule has 2 atom stereocenters. The second kappa shape index (κ2) is 5.08. The first-order chi connectivity index (χ1) is 7.65. The van der Waals surface area contributed by atoms with Crippen LogP contribution in [-0.2, 0) is 14.0 Å². The van der Waals surface area contributed by atoms with Gasteiger partial charge in [-0.1, -0.05) is 20.8 Å². The van der Waals surface area contributed by atoms with Crippen molar-refractivity contribution in [3.05, 3.63) is 0 Å². The summed E-state index contributed by atoms with van der Waals surface area (Å²) < 4.78 is 11.2. The van der Waals surface area contributed by atoms with Gasteiger partial charge in [0.15, 0.2) is 8.32 Å². The van der Waals surface area contributed by atoms with Gasteiger partial charge in [0.1, 0.15) is 6.10 Å². The zero-order chi connectivity index (χ0) is 13.3. The highest BCUT2D eigenvalue weighted by molar-refractivity contribution is 6.74. The van der Waals surface area contributed by atoms with Crippen LogP contribution in [0.15, 0.2) is 0 Å². The van der Waals surface area contributed by atoms with Crippen molar-refractivity contribution in [3.63, 3.8) is 0 Å². The molecule has 1 heterocycles. The molecule has 1 saturated heterocycles. The molecule has 1 aliphatic rings. The molecule has 1 aliphatic heterocycles. The third-order valence-corrected chi connectivity index (χ3v) is 8.22. The van der Waals surface area contributed by atoms with Crippen molar-refractivity contribution in [2.75, 3.05) is 6.61 Å². The summed E-state index contributed by atoms with van der Waals surface area (Å²) in [6.07, 6.45) is 0.415. The number of hydrogen-bond acceptors (Lipinski definition) is 4. The molecule has 17 heavy (non-hydrogen) atoms. The zero-order valence-corrected chi connectivity index (χ0v) is 12.4. The number of ether oxygens (including phenoxy) is 1. The van der Waals surface area contributed by atoms with Gasteiger partial charge in [0.2, 0.25) is 0 Å². The number of aliphatic hydroxyl groups excluding tert-OH is 1. The minimum atomic E-state index is -1.85. The second-order valence-electron chi connectivity index (χ2n) is 6.23. The lowest BCUT2D eigenvalue weighted by Gasteiger charge is -2.41. The highest BCUT2D eigenvalue weighted by atomic mass is 28.4. The fraction of sp³-hybridized carbons (Fsp3) is 0.917. The molecule has 0 radical (unpaired) electrons. The van der Waals surface area contributed by atoms with Crippen LogP contribution >= 0.6 is 0 Å². The van der Waals surface area contributed by atoms with Crippen LogP contribution in [0.4, 0.5) is 0 Å². The van der Waals surface area contributed by atoms with E-state index < -0.39 is 14.4 Å². The van der Waals surface area contributed by atoms with Crippen LogP contribution in [0.3, 0.4) is 0 Å². The maximum atomic E-state index is 11.4. The first-order valence-corrected chi connectivity index (χ1v) is 9.04. The van der Waals surface area contributed by atoms with E-state index in [0.717, 1.165) is 0 Å². The van der Waals surface area contributed by atoms with Gasteiger partial charge in [-0.3, -0.25) is 4.79 Å². The molecular weight excluding hydrogens is 236 g/mol. The molecule has 5 heteroatoms. The van der Waals surface area contributed by atoms with Crippen molar-refractivity contribution in [2.45, 2.75) is 64.0 Å². The number of rotatable bonds is 3. The molecule has 0 aromatic rings. The Kier molecular flexibility index (Phi) is 4.38. The summed E-state index contributed by atoms with van der Waals surface area (Å²) in [4.78, 5) is 11.4. The van der Waals surface area contributed by atoms with Gasteiger partial charge in [-0.05, 0) is 18.1 Å². The highest BCUT2D eigenvalue weighted by Crippen LogP contribution is 2.38. The molecule has 0 amide bonds. The molecule has 1 rings (SSSR count). The Morgan fingerprint density at radius 3 is 2.53 bits per heavy atom. The molecular formula is C12H24O4Si. The molecule has 0 saturated carbocycles. The van der Waals surface area contributed by atoms with Gasteiger partial charge >= 0.3 is 5.97 Å². The van der Waals surface area contributed by atoms with E-state index in [2.05, 4.69) is 33.9 Å². The summed E-state index contributed by atoms with van der Waals surface area (Å²) in [7, 11) is -1.85. The fourth-order valence-electron chi connectivity index (χ4n) is 1.64. The lowest BCUT2D eigenvalue weighted by Crippen LogP contribution is -2.47. The average Bonchev–Trinajstić information content (AvgIpc) is 2.14. The SMILES string of the molecule is CC(C)(C)[Si](C)(C)O[C@@H]1CC(=O)O[C@H](CO)C1. The first-order valence-electron chi connectivity index (χ1n) is 6.14. The molecule has 1 N–H and O–H groups in total. The Morgan fingerprint density at radius 1 is 1.47 bits per heavy atom. The van der Waals surface area contributed by atoms with Crippen LogP contribution in [0.2, 0.25) is 18.1 Å². The Labute approximate surface area is 104 Å². The topological polar surface area (TPSA) is 55.8 Å². The van der Waals surface area contributed by atoms with E-state index in [1.807, 2.05) is 0 Å². The van der Waals surface area contributed by atoms with Crippen molar-refractivity contribution < 1.29 is 19.1 Å². The van der Waals surface area contributed by atoms with Gasteiger partial charge in [0, 0.05) is 6.42 Å². The minimum absolute atomic E-state index is 0.103.